The lowest BCUT2D eigenvalue weighted by Gasteiger charge is -2.17. The van der Waals surface area contributed by atoms with E-state index < -0.39 is 17.8 Å². The monoisotopic (exact) mass is 254 g/mol. The molecule has 0 spiro atoms. The van der Waals surface area contributed by atoms with Gasteiger partial charge >= 0.3 is 6.18 Å². The molecular formula is C14H13F3O. The Morgan fingerprint density at radius 3 is 2.22 bits per heavy atom. The maximum Gasteiger partial charge on any atom is 0.416 e. The van der Waals surface area contributed by atoms with Crippen LogP contribution in [0.15, 0.2) is 48.1 Å². The highest BCUT2D eigenvalue weighted by Crippen LogP contribution is 2.32. The minimum Gasteiger partial charge on any atom is -0.384 e. The van der Waals surface area contributed by atoms with Crippen LogP contribution in [0, 0.1) is 0 Å². The van der Waals surface area contributed by atoms with E-state index in [1.165, 1.54) is 12.1 Å². The van der Waals surface area contributed by atoms with Crippen molar-refractivity contribution in [2.75, 3.05) is 0 Å². The van der Waals surface area contributed by atoms with Gasteiger partial charge in [-0.05, 0) is 36.1 Å². The van der Waals surface area contributed by atoms with Crippen molar-refractivity contribution in [2.45, 2.75) is 25.1 Å². The van der Waals surface area contributed by atoms with Crippen molar-refractivity contribution >= 4 is 0 Å². The van der Waals surface area contributed by atoms with Crippen molar-refractivity contribution in [1.29, 1.82) is 0 Å². The largest absolute Gasteiger partial charge is 0.416 e. The first-order chi connectivity index (χ1) is 8.48. The third-order valence-electron chi connectivity index (χ3n) is 2.94. The number of hydrogen-bond donors (Lipinski definition) is 1. The van der Waals surface area contributed by atoms with Crippen LogP contribution in [0.5, 0.6) is 0 Å². The first-order valence-corrected chi connectivity index (χ1v) is 5.67. The van der Waals surface area contributed by atoms with E-state index in [0.717, 1.165) is 24.1 Å². The smallest absolute Gasteiger partial charge is 0.384 e. The molecule has 4 heteroatoms. The van der Waals surface area contributed by atoms with Crippen LogP contribution in [-0.2, 0) is 6.18 Å². The number of hydrogen-bond acceptors (Lipinski definition) is 1. The molecule has 1 atom stereocenters. The number of benzene rings is 1. The number of alkyl halides is 3. The van der Waals surface area contributed by atoms with E-state index in [2.05, 4.69) is 0 Å². The van der Waals surface area contributed by atoms with Gasteiger partial charge in [0.1, 0.15) is 6.10 Å². The summed E-state index contributed by atoms with van der Waals surface area (Å²) in [5.41, 5.74) is 0.623. The van der Waals surface area contributed by atoms with Gasteiger partial charge in [-0.15, -0.1) is 0 Å². The van der Waals surface area contributed by atoms with Gasteiger partial charge in [0.05, 0.1) is 5.56 Å². The average Bonchev–Trinajstić information content (AvgIpc) is 2.38. The molecule has 1 aliphatic carbocycles. The standard InChI is InChI=1S/C14H13F3O/c15-14(16,17)12-8-6-11(7-9-12)13(18)10-4-2-1-3-5-10/h1-2,5-9,13,18H,3-4H2. The number of aliphatic hydroxyl groups excluding tert-OH is 1. The third kappa shape index (κ3) is 2.82. The molecule has 2 rings (SSSR count). The van der Waals surface area contributed by atoms with Crippen molar-refractivity contribution in [3.05, 3.63) is 59.2 Å². The highest BCUT2D eigenvalue weighted by atomic mass is 19.4. The zero-order valence-electron chi connectivity index (χ0n) is 9.61. The van der Waals surface area contributed by atoms with Crippen molar-refractivity contribution in [2.24, 2.45) is 0 Å². The molecule has 0 bridgehead atoms. The Kier molecular flexibility index (Phi) is 3.57. The van der Waals surface area contributed by atoms with Crippen LogP contribution in [0.2, 0.25) is 0 Å². The second-order valence-corrected chi connectivity index (χ2v) is 4.21. The molecule has 0 heterocycles. The lowest BCUT2D eigenvalue weighted by atomic mass is 9.95. The molecule has 0 aromatic heterocycles. The molecule has 0 amide bonds. The van der Waals surface area contributed by atoms with Crippen LogP contribution in [0.1, 0.15) is 30.1 Å². The normalized spacial score (nSPS) is 17.4. The van der Waals surface area contributed by atoms with Crippen molar-refractivity contribution in [3.63, 3.8) is 0 Å². The van der Waals surface area contributed by atoms with Gasteiger partial charge in [0.25, 0.3) is 0 Å². The quantitative estimate of drug-likeness (QED) is 0.790. The Labute approximate surface area is 103 Å². The fourth-order valence-corrected chi connectivity index (χ4v) is 1.91. The van der Waals surface area contributed by atoms with Crippen LogP contribution in [0.4, 0.5) is 13.2 Å². The van der Waals surface area contributed by atoms with E-state index in [4.69, 9.17) is 0 Å². The summed E-state index contributed by atoms with van der Waals surface area (Å²) >= 11 is 0. The van der Waals surface area contributed by atoms with E-state index in [-0.39, 0.29) is 0 Å². The summed E-state index contributed by atoms with van der Waals surface area (Å²) in [6, 6.07) is 4.65. The molecule has 0 radical (unpaired) electrons. The van der Waals surface area contributed by atoms with Crippen molar-refractivity contribution in [3.8, 4) is 0 Å². The maximum absolute atomic E-state index is 12.4. The number of allylic oxidation sites excluding steroid dienone is 3. The minimum absolute atomic E-state index is 0.490. The van der Waals surface area contributed by atoms with E-state index >= 15 is 0 Å². The van der Waals surface area contributed by atoms with Gasteiger partial charge in [-0.1, -0.05) is 30.4 Å². The summed E-state index contributed by atoms with van der Waals surface area (Å²) in [4.78, 5) is 0. The molecule has 0 fully saturated rings. The lowest BCUT2D eigenvalue weighted by Crippen LogP contribution is -2.07. The first kappa shape index (κ1) is 12.9. The maximum atomic E-state index is 12.4. The van der Waals surface area contributed by atoms with Gasteiger partial charge in [-0.3, -0.25) is 0 Å². The Morgan fingerprint density at radius 1 is 1.06 bits per heavy atom. The Balaban J connectivity index is 2.17. The van der Waals surface area contributed by atoms with Crippen LogP contribution in [0.25, 0.3) is 0 Å². The number of aliphatic hydroxyl groups is 1. The molecule has 0 saturated carbocycles. The molecule has 1 aromatic carbocycles. The molecule has 0 aliphatic heterocycles. The van der Waals surface area contributed by atoms with Crippen molar-refractivity contribution < 1.29 is 18.3 Å². The van der Waals surface area contributed by atoms with Crippen molar-refractivity contribution in [1.82, 2.24) is 0 Å². The average molecular weight is 254 g/mol. The molecule has 1 nitrogen and oxygen atoms in total. The molecular weight excluding hydrogens is 241 g/mol. The molecule has 0 saturated heterocycles. The van der Waals surface area contributed by atoms with E-state index in [1.54, 1.807) is 0 Å². The van der Waals surface area contributed by atoms with E-state index in [9.17, 15) is 18.3 Å². The van der Waals surface area contributed by atoms with Gasteiger partial charge < -0.3 is 5.11 Å². The fourth-order valence-electron chi connectivity index (χ4n) is 1.91. The molecule has 18 heavy (non-hydrogen) atoms. The number of rotatable bonds is 2. The molecule has 96 valence electrons. The summed E-state index contributed by atoms with van der Waals surface area (Å²) in [6.45, 7) is 0. The third-order valence-corrected chi connectivity index (χ3v) is 2.94. The summed E-state index contributed by atoms with van der Waals surface area (Å²) in [5, 5.41) is 10.1. The fraction of sp³-hybridized carbons (Fsp3) is 0.286. The first-order valence-electron chi connectivity index (χ1n) is 5.67. The van der Waals surface area contributed by atoms with Crippen LogP contribution in [0.3, 0.4) is 0 Å². The molecule has 1 aliphatic rings. The van der Waals surface area contributed by atoms with Gasteiger partial charge in [-0.2, -0.15) is 13.2 Å². The Hall–Kier alpha value is -1.55. The summed E-state index contributed by atoms with van der Waals surface area (Å²) in [5.74, 6) is 0. The van der Waals surface area contributed by atoms with Crippen LogP contribution < -0.4 is 0 Å². The Morgan fingerprint density at radius 2 is 1.72 bits per heavy atom. The van der Waals surface area contributed by atoms with E-state index in [1.807, 2.05) is 18.2 Å². The number of halogens is 3. The second-order valence-electron chi connectivity index (χ2n) is 4.21. The SMILES string of the molecule is OC(C1=CCC=CC1)c1ccc(C(F)(F)F)cc1. The van der Waals surface area contributed by atoms with Gasteiger partial charge in [0.2, 0.25) is 0 Å². The molecule has 1 aromatic rings. The van der Waals surface area contributed by atoms with E-state index in [0.29, 0.717) is 12.0 Å². The van der Waals surface area contributed by atoms with Gasteiger partial charge in [-0.25, -0.2) is 0 Å². The van der Waals surface area contributed by atoms with Crippen LogP contribution >= 0.6 is 0 Å². The predicted octanol–water partition coefficient (Wildman–Crippen LogP) is 4.02. The predicted molar refractivity (Wildman–Crippen MR) is 62.9 cm³/mol. The van der Waals surface area contributed by atoms with Gasteiger partial charge in [0.15, 0.2) is 0 Å². The second kappa shape index (κ2) is 4.98. The molecule has 1 unspecified atom stereocenters. The zero-order chi connectivity index (χ0) is 13.2. The highest BCUT2D eigenvalue weighted by molar-refractivity contribution is 5.32. The summed E-state index contributed by atoms with van der Waals surface area (Å²) in [6.07, 6.45) is 2.08. The highest BCUT2D eigenvalue weighted by Gasteiger charge is 2.30. The lowest BCUT2D eigenvalue weighted by molar-refractivity contribution is -0.137. The summed E-state index contributed by atoms with van der Waals surface area (Å²) in [7, 11) is 0. The topological polar surface area (TPSA) is 20.2 Å². The zero-order valence-corrected chi connectivity index (χ0v) is 9.61. The van der Waals surface area contributed by atoms with Gasteiger partial charge in [0, 0.05) is 0 Å². The minimum atomic E-state index is -4.34. The summed E-state index contributed by atoms with van der Waals surface area (Å²) < 4.78 is 37.2. The van der Waals surface area contributed by atoms with Crippen LogP contribution in [-0.4, -0.2) is 5.11 Å². The Bertz CT molecular complexity index is 469. The molecule has 1 N–H and O–H groups in total.